The van der Waals surface area contributed by atoms with Crippen molar-refractivity contribution in [2.24, 2.45) is 10.2 Å². The van der Waals surface area contributed by atoms with Crippen molar-refractivity contribution in [3.63, 3.8) is 0 Å². The van der Waals surface area contributed by atoms with Crippen LogP contribution in [0.1, 0.15) is 60.4 Å². The third kappa shape index (κ3) is 5.23. The maximum absolute atomic E-state index is 11.4. The smallest absolute Gasteiger partial charge is 0.335 e. The Hall–Kier alpha value is -4.25. The van der Waals surface area contributed by atoms with Crippen LogP contribution < -0.4 is 4.74 Å². The third-order valence-electron chi connectivity index (χ3n) is 6.79. The molecule has 0 aliphatic carbocycles. The van der Waals surface area contributed by atoms with Gasteiger partial charge in [0, 0.05) is 0 Å². The molecule has 0 aliphatic heterocycles. The monoisotopic (exact) mass is 506 g/mol. The molecule has 0 spiro atoms. The molecule has 0 fully saturated rings. The summed E-state index contributed by atoms with van der Waals surface area (Å²) < 4.78 is 5.69. The average Bonchev–Trinajstić information content (AvgIpc) is 2.83. The molecule has 0 atom stereocenters. The van der Waals surface area contributed by atoms with Gasteiger partial charge in [-0.05, 0) is 106 Å². The second kappa shape index (κ2) is 10.6. The summed E-state index contributed by atoms with van der Waals surface area (Å²) in [6.07, 6.45) is 0. The topological polar surface area (TPSA) is 71.2 Å². The van der Waals surface area contributed by atoms with Crippen LogP contribution in [0.2, 0.25) is 0 Å². The van der Waals surface area contributed by atoms with Gasteiger partial charge in [0.2, 0.25) is 0 Å². The van der Waals surface area contributed by atoms with Crippen LogP contribution in [-0.2, 0) is 5.54 Å². The maximum Gasteiger partial charge on any atom is 0.335 e. The molecule has 0 unspecified atom stereocenters. The number of carboxylic acid groups (broad SMARTS) is 1. The Morgan fingerprint density at radius 1 is 0.684 bits per heavy atom. The standard InChI is InChI=1S/C33H34N2O3/c1-20-12-21(2)15-27(14-20)33(28-16-22(3)13-23(4)17-28,29-18-24(5)31(38-7)25(6)19-29)35-34-30-10-8-26(9-11-30)32(36)37/h8-19H,1-7H3,(H,36,37)/b35-34+. The van der Waals surface area contributed by atoms with E-state index in [1.807, 2.05) is 13.8 Å². The van der Waals surface area contributed by atoms with E-state index in [0.29, 0.717) is 5.69 Å². The number of benzene rings is 4. The van der Waals surface area contributed by atoms with Gasteiger partial charge in [0.15, 0.2) is 5.54 Å². The fourth-order valence-electron chi connectivity index (χ4n) is 5.32. The van der Waals surface area contributed by atoms with E-state index in [2.05, 4.69) is 76.2 Å². The molecule has 1 N–H and O–H groups in total. The van der Waals surface area contributed by atoms with Gasteiger partial charge in [0.05, 0.1) is 18.4 Å². The van der Waals surface area contributed by atoms with E-state index in [0.717, 1.165) is 55.8 Å². The van der Waals surface area contributed by atoms with Crippen molar-refractivity contribution in [2.45, 2.75) is 47.1 Å². The van der Waals surface area contributed by atoms with Crippen molar-refractivity contribution in [1.82, 2.24) is 0 Å². The van der Waals surface area contributed by atoms with E-state index in [9.17, 15) is 9.90 Å². The molecule has 0 saturated heterocycles. The number of hydrogen-bond acceptors (Lipinski definition) is 4. The second-order valence-electron chi connectivity index (χ2n) is 10.2. The Balaban J connectivity index is 2.10. The Kier molecular flexibility index (Phi) is 7.49. The predicted molar refractivity (Wildman–Crippen MR) is 152 cm³/mol. The van der Waals surface area contributed by atoms with Gasteiger partial charge in [0.1, 0.15) is 5.75 Å². The zero-order valence-corrected chi connectivity index (χ0v) is 23.1. The summed E-state index contributed by atoms with van der Waals surface area (Å²) >= 11 is 0. The number of ether oxygens (including phenoxy) is 1. The number of azo groups is 1. The minimum absolute atomic E-state index is 0.209. The molecule has 0 heterocycles. The lowest BCUT2D eigenvalue weighted by atomic mass is 9.75. The van der Waals surface area contributed by atoms with Crippen LogP contribution in [0.4, 0.5) is 5.69 Å². The van der Waals surface area contributed by atoms with E-state index < -0.39 is 11.5 Å². The van der Waals surface area contributed by atoms with Crippen LogP contribution >= 0.6 is 0 Å². The largest absolute Gasteiger partial charge is 0.496 e. The van der Waals surface area contributed by atoms with Gasteiger partial charge in [-0.1, -0.05) is 58.7 Å². The second-order valence-corrected chi connectivity index (χ2v) is 10.2. The third-order valence-corrected chi connectivity index (χ3v) is 6.79. The highest BCUT2D eigenvalue weighted by molar-refractivity contribution is 5.87. The van der Waals surface area contributed by atoms with Crippen molar-refractivity contribution in [1.29, 1.82) is 0 Å². The molecule has 0 aliphatic rings. The molecule has 38 heavy (non-hydrogen) atoms. The Bertz CT molecular complexity index is 1420. The molecular formula is C33H34N2O3. The van der Waals surface area contributed by atoms with E-state index >= 15 is 0 Å². The van der Waals surface area contributed by atoms with E-state index in [1.165, 1.54) is 0 Å². The normalized spacial score (nSPS) is 11.7. The lowest BCUT2D eigenvalue weighted by Gasteiger charge is -2.33. The van der Waals surface area contributed by atoms with E-state index in [4.69, 9.17) is 15.0 Å². The molecule has 4 aromatic carbocycles. The molecule has 0 amide bonds. The molecule has 5 heteroatoms. The number of methoxy groups -OCH3 is 1. The number of carboxylic acids is 1. The van der Waals surface area contributed by atoms with Crippen molar-refractivity contribution in [3.8, 4) is 5.75 Å². The van der Waals surface area contributed by atoms with Gasteiger partial charge in [-0.25, -0.2) is 4.79 Å². The fourth-order valence-corrected chi connectivity index (χ4v) is 5.32. The predicted octanol–water partition coefficient (Wildman–Crippen LogP) is 8.32. The molecule has 0 saturated carbocycles. The first kappa shape index (κ1) is 26.8. The number of rotatable bonds is 7. The molecule has 0 bridgehead atoms. The summed E-state index contributed by atoms with van der Waals surface area (Å²) in [6.45, 7) is 12.5. The summed E-state index contributed by atoms with van der Waals surface area (Å²) in [4.78, 5) is 11.4. The van der Waals surface area contributed by atoms with Crippen LogP contribution in [0, 0.1) is 41.5 Å². The van der Waals surface area contributed by atoms with Crippen molar-refractivity contribution >= 4 is 11.7 Å². The van der Waals surface area contributed by atoms with Gasteiger partial charge in [0.25, 0.3) is 0 Å². The van der Waals surface area contributed by atoms with Crippen molar-refractivity contribution < 1.29 is 14.6 Å². The molecule has 0 aromatic heterocycles. The molecule has 5 nitrogen and oxygen atoms in total. The van der Waals surface area contributed by atoms with Gasteiger partial charge in [-0.15, -0.1) is 0 Å². The summed E-state index contributed by atoms with van der Waals surface area (Å²) in [6, 6.07) is 23.7. The van der Waals surface area contributed by atoms with Crippen LogP contribution in [0.5, 0.6) is 5.75 Å². The molecule has 4 rings (SSSR count). The van der Waals surface area contributed by atoms with Crippen LogP contribution in [0.15, 0.2) is 83.0 Å². The molecule has 194 valence electrons. The summed E-state index contributed by atoms with van der Waals surface area (Å²) in [5.41, 5.74) is 9.40. The SMILES string of the molecule is COc1c(C)cc(C(/N=N/c2ccc(C(=O)O)cc2)(c2cc(C)cc(C)c2)c2cc(C)cc(C)c2)cc1C. The minimum atomic E-state index is -0.975. The summed E-state index contributed by atoms with van der Waals surface area (Å²) in [5.74, 6) is -0.123. The van der Waals surface area contributed by atoms with Gasteiger partial charge in [-0.2, -0.15) is 10.2 Å². The van der Waals surface area contributed by atoms with E-state index in [-0.39, 0.29) is 5.56 Å². The van der Waals surface area contributed by atoms with Crippen molar-refractivity contribution in [2.75, 3.05) is 7.11 Å². The van der Waals surface area contributed by atoms with Gasteiger partial charge in [-0.3, -0.25) is 0 Å². The lowest BCUT2D eigenvalue weighted by molar-refractivity contribution is 0.0697. The number of aromatic carboxylic acids is 1. The highest BCUT2D eigenvalue weighted by Crippen LogP contribution is 2.45. The quantitative estimate of drug-likeness (QED) is 0.202. The first-order valence-corrected chi connectivity index (χ1v) is 12.6. The first-order chi connectivity index (χ1) is 18.0. The Morgan fingerprint density at radius 2 is 1.11 bits per heavy atom. The zero-order chi connectivity index (χ0) is 27.6. The van der Waals surface area contributed by atoms with Gasteiger partial charge >= 0.3 is 5.97 Å². The Labute approximate surface area is 224 Å². The fraction of sp³-hybridized carbons (Fsp3) is 0.242. The molecule has 4 aromatic rings. The van der Waals surface area contributed by atoms with Crippen molar-refractivity contribution in [3.05, 3.63) is 128 Å². The number of nitrogens with zero attached hydrogens (tertiary/aromatic N) is 2. The minimum Gasteiger partial charge on any atom is -0.496 e. The Morgan fingerprint density at radius 3 is 1.50 bits per heavy atom. The zero-order valence-electron chi connectivity index (χ0n) is 23.1. The maximum atomic E-state index is 11.4. The van der Waals surface area contributed by atoms with Crippen LogP contribution in [0.3, 0.4) is 0 Å². The lowest BCUT2D eigenvalue weighted by Crippen LogP contribution is -2.28. The highest BCUT2D eigenvalue weighted by atomic mass is 16.5. The van der Waals surface area contributed by atoms with E-state index in [1.54, 1.807) is 31.4 Å². The van der Waals surface area contributed by atoms with Crippen LogP contribution in [-0.4, -0.2) is 18.2 Å². The van der Waals surface area contributed by atoms with Gasteiger partial charge < -0.3 is 9.84 Å². The highest BCUT2D eigenvalue weighted by Gasteiger charge is 2.38. The summed E-state index contributed by atoms with van der Waals surface area (Å²) in [5, 5.41) is 19.2. The number of hydrogen-bond donors (Lipinski definition) is 1. The average molecular weight is 507 g/mol. The number of carbonyl (C=O) groups is 1. The molecule has 0 radical (unpaired) electrons. The van der Waals surface area contributed by atoms with Crippen LogP contribution in [0.25, 0.3) is 0 Å². The summed E-state index contributed by atoms with van der Waals surface area (Å²) in [7, 11) is 1.69. The molecular weight excluding hydrogens is 472 g/mol. The number of aryl methyl sites for hydroxylation is 6. The first-order valence-electron chi connectivity index (χ1n) is 12.6.